The van der Waals surface area contributed by atoms with E-state index in [0.29, 0.717) is 18.8 Å². The van der Waals surface area contributed by atoms with E-state index >= 15 is 0 Å². The van der Waals surface area contributed by atoms with E-state index in [1.54, 1.807) is 0 Å². The van der Waals surface area contributed by atoms with Gasteiger partial charge in [-0.3, -0.25) is 4.90 Å². The molecule has 1 saturated heterocycles. The van der Waals surface area contributed by atoms with Crippen molar-refractivity contribution >= 4 is 0 Å². The average Bonchev–Trinajstić information content (AvgIpc) is 2.48. The van der Waals surface area contributed by atoms with Crippen molar-refractivity contribution in [3.8, 4) is 11.5 Å². The van der Waals surface area contributed by atoms with Crippen molar-refractivity contribution in [3.05, 3.63) is 24.3 Å². The molecule has 2 rings (SSSR count). The van der Waals surface area contributed by atoms with Crippen LogP contribution in [0.15, 0.2) is 24.3 Å². The minimum atomic E-state index is 0.345. The number of ether oxygens (including phenoxy) is 3. The zero-order valence-corrected chi connectivity index (χ0v) is 14.1. The quantitative estimate of drug-likeness (QED) is 0.689. The lowest BCUT2D eigenvalue weighted by Crippen LogP contribution is -2.45. The van der Waals surface area contributed by atoms with Crippen LogP contribution in [-0.2, 0) is 4.74 Å². The van der Waals surface area contributed by atoms with Gasteiger partial charge < -0.3 is 14.2 Å². The Balaban J connectivity index is 1.65. The lowest BCUT2D eigenvalue weighted by atomic mass is 10.2. The van der Waals surface area contributed by atoms with Gasteiger partial charge in [0.15, 0.2) is 11.5 Å². The van der Waals surface area contributed by atoms with Gasteiger partial charge in [0.2, 0.25) is 0 Å². The van der Waals surface area contributed by atoms with Crippen LogP contribution >= 0.6 is 0 Å². The van der Waals surface area contributed by atoms with Crippen molar-refractivity contribution in [1.82, 2.24) is 4.90 Å². The summed E-state index contributed by atoms with van der Waals surface area (Å²) in [5.74, 6) is 1.68. The standard InChI is InChI=1S/C18H29NO3/c1-4-20-17-9-5-6-10-18(17)21-12-8-7-11-19-13-15(2)22-16(3)14-19/h5-6,9-10,15-16H,4,7-8,11-14H2,1-3H3. The van der Waals surface area contributed by atoms with E-state index in [0.717, 1.165) is 50.6 Å². The maximum atomic E-state index is 5.85. The number of para-hydroxylation sites is 2. The van der Waals surface area contributed by atoms with Crippen LogP contribution < -0.4 is 9.47 Å². The minimum Gasteiger partial charge on any atom is -0.490 e. The number of benzene rings is 1. The van der Waals surface area contributed by atoms with E-state index in [2.05, 4.69) is 18.7 Å². The summed E-state index contributed by atoms with van der Waals surface area (Å²) in [7, 11) is 0. The molecule has 1 aliphatic rings. The Morgan fingerprint density at radius 3 is 2.32 bits per heavy atom. The number of nitrogens with zero attached hydrogens (tertiary/aromatic N) is 1. The molecule has 0 radical (unpaired) electrons. The molecule has 0 saturated carbocycles. The number of hydrogen-bond acceptors (Lipinski definition) is 4. The Labute approximate surface area is 134 Å². The first-order valence-electron chi connectivity index (χ1n) is 8.41. The maximum Gasteiger partial charge on any atom is 0.161 e. The molecule has 0 N–H and O–H groups in total. The van der Waals surface area contributed by atoms with Crippen molar-refractivity contribution in [1.29, 1.82) is 0 Å². The molecule has 1 heterocycles. The summed E-state index contributed by atoms with van der Waals surface area (Å²) in [6.45, 7) is 10.9. The molecule has 4 heteroatoms. The molecular weight excluding hydrogens is 278 g/mol. The number of rotatable bonds is 8. The number of unbranched alkanes of at least 4 members (excludes halogenated alkanes) is 1. The second-order valence-electron chi connectivity index (χ2n) is 5.95. The van der Waals surface area contributed by atoms with Gasteiger partial charge in [-0.25, -0.2) is 0 Å². The van der Waals surface area contributed by atoms with Gasteiger partial charge >= 0.3 is 0 Å². The third kappa shape index (κ3) is 5.50. The Morgan fingerprint density at radius 1 is 1.05 bits per heavy atom. The van der Waals surface area contributed by atoms with Gasteiger partial charge in [-0.05, 0) is 52.3 Å². The molecule has 22 heavy (non-hydrogen) atoms. The highest BCUT2D eigenvalue weighted by atomic mass is 16.5. The minimum absolute atomic E-state index is 0.345. The second-order valence-corrected chi connectivity index (χ2v) is 5.95. The molecule has 1 fully saturated rings. The van der Waals surface area contributed by atoms with E-state index < -0.39 is 0 Å². The molecule has 0 amide bonds. The summed E-state index contributed by atoms with van der Waals surface area (Å²) >= 11 is 0. The summed E-state index contributed by atoms with van der Waals surface area (Å²) in [5.41, 5.74) is 0. The highest BCUT2D eigenvalue weighted by molar-refractivity contribution is 5.39. The lowest BCUT2D eigenvalue weighted by Gasteiger charge is -2.35. The Kier molecular flexibility index (Phi) is 7.00. The summed E-state index contributed by atoms with van der Waals surface area (Å²) < 4.78 is 17.2. The SMILES string of the molecule is CCOc1ccccc1OCCCCN1CC(C)OC(C)C1. The Bertz CT molecular complexity index is 428. The van der Waals surface area contributed by atoms with Crippen LogP contribution in [-0.4, -0.2) is 50.0 Å². The van der Waals surface area contributed by atoms with Crippen molar-refractivity contribution in [3.63, 3.8) is 0 Å². The first-order valence-corrected chi connectivity index (χ1v) is 8.41. The summed E-state index contributed by atoms with van der Waals surface area (Å²) in [6, 6.07) is 7.87. The zero-order chi connectivity index (χ0) is 15.8. The average molecular weight is 307 g/mol. The molecule has 1 aromatic carbocycles. The van der Waals surface area contributed by atoms with Crippen LogP contribution in [0.5, 0.6) is 11.5 Å². The Morgan fingerprint density at radius 2 is 1.68 bits per heavy atom. The molecule has 0 aliphatic carbocycles. The fourth-order valence-electron chi connectivity index (χ4n) is 2.93. The molecule has 1 aliphatic heterocycles. The van der Waals surface area contributed by atoms with E-state index in [1.807, 2.05) is 31.2 Å². The smallest absolute Gasteiger partial charge is 0.161 e. The fourth-order valence-corrected chi connectivity index (χ4v) is 2.93. The van der Waals surface area contributed by atoms with E-state index in [1.165, 1.54) is 0 Å². The van der Waals surface area contributed by atoms with E-state index in [9.17, 15) is 0 Å². The topological polar surface area (TPSA) is 30.9 Å². The molecule has 0 aromatic heterocycles. The molecular formula is C18H29NO3. The summed E-state index contributed by atoms with van der Waals surface area (Å²) in [6.07, 6.45) is 2.90. The van der Waals surface area contributed by atoms with Gasteiger partial charge in [-0.1, -0.05) is 12.1 Å². The predicted octanol–water partition coefficient (Wildman–Crippen LogP) is 3.35. The van der Waals surface area contributed by atoms with E-state index in [-0.39, 0.29) is 0 Å². The first kappa shape index (κ1) is 17.1. The van der Waals surface area contributed by atoms with Gasteiger partial charge in [0.05, 0.1) is 25.4 Å². The third-order valence-corrected chi connectivity index (χ3v) is 3.77. The molecule has 1 aromatic rings. The predicted molar refractivity (Wildman–Crippen MR) is 88.8 cm³/mol. The van der Waals surface area contributed by atoms with Gasteiger partial charge in [-0.15, -0.1) is 0 Å². The molecule has 2 atom stereocenters. The van der Waals surface area contributed by atoms with Crippen LogP contribution in [0.3, 0.4) is 0 Å². The third-order valence-electron chi connectivity index (χ3n) is 3.77. The molecule has 4 nitrogen and oxygen atoms in total. The lowest BCUT2D eigenvalue weighted by molar-refractivity contribution is -0.0682. The zero-order valence-electron chi connectivity index (χ0n) is 14.1. The van der Waals surface area contributed by atoms with Crippen molar-refractivity contribution < 1.29 is 14.2 Å². The summed E-state index contributed by atoms with van der Waals surface area (Å²) in [4.78, 5) is 2.49. The van der Waals surface area contributed by atoms with E-state index in [4.69, 9.17) is 14.2 Å². The monoisotopic (exact) mass is 307 g/mol. The number of morpholine rings is 1. The van der Waals surface area contributed by atoms with Crippen LogP contribution in [0.2, 0.25) is 0 Å². The fraction of sp³-hybridized carbons (Fsp3) is 0.667. The van der Waals surface area contributed by atoms with Crippen molar-refractivity contribution in [2.24, 2.45) is 0 Å². The molecule has 2 unspecified atom stereocenters. The van der Waals surface area contributed by atoms with Gasteiger partial charge in [0.25, 0.3) is 0 Å². The molecule has 0 spiro atoms. The van der Waals surface area contributed by atoms with Crippen LogP contribution in [0, 0.1) is 0 Å². The summed E-state index contributed by atoms with van der Waals surface area (Å²) in [5, 5.41) is 0. The van der Waals surface area contributed by atoms with Gasteiger partial charge in [-0.2, -0.15) is 0 Å². The highest BCUT2D eigenvalue weighted by Crippen LogP contribution is 2.26. The second kappa shape index (κ2) is 9.01. The highest BCUT2D eigenvalue weighted by Gasteiger charge is 2.21. The van der Waals surface area contributed by atoms with Crippen LogP contribution in [0.1, 0.15) is 33.6 Å². The largest absolute Gasteiger partial charge is 0.490 e. The van der Waals surface area contributed by atoms with Gasteiger partial charge in [0.1, 0.15) is 0 Å². The van der Waals surface area contributed by atoms with Crippen molar-refractivity contribution in [2.75, 3.05) is 32.8 Å². The van der Waals surface area contributed by atoms with Crippen LogP contribution in [0.25, 0.3) is 0 Å². The first-order chi connectivity index (χ1) is 10.7. The maximum absolute atomic E-state index is 5.85. The normalized spacial score (nSPS) is 22.5. The number of hydrogen-bond donors (Lipinski definition) is 0. The Hall–Kier alpha value is -1.26. The van der Waals surface area contributed by atoms with Crippen molar-refractivity contribution in [2.45, 2.75) is 45.8 Å². The van der Waals surface area contributed by atoms with Crippen LogP contribution in [0.4, 0.5) is 0 Å². The molecule has 0 bridgehead atoms. The molecule has 124 valence electrons. The van der Waals surface area contributed by atoms with Gasteiger partial charge in [0, 0.05) is 13.1 Å².